The molecule has 2 N–H and O–H groups in total. The zero-order valence-corrected chi connectivity index (χ0v) is 3.89. The first-order valence-corrected chi connectivity index (χ1v) is 1.67. The molecule has 36 valence electrons. The van der Waals surface area contributed by atoms with E-state index in [1.54, 1.807) is 14.0 Å². The molecule has 0 atom stereocenters. The first kappa shape index (κ1) is 5.27. The molecule has 0 aromatic carbocycles. The van der Waals surface area contributed by atoms with E-state index in [0.29, 0.717) is 5.84 Å². The molecular formula is C3H8N2O. The maximum absolute atomic E-state index is 7.86. The van der Waals surface area contributed by atoms with Crippen LogP contribution >= 0.6 is 0 Å². The lowest BCUT2D eigenvalue weighted by molar-refractivity contribution is 0.316. The van der Waals surface area contributed by atoms with Crippen LogP contribution in [0.25, 0.3) is 0 Å². The molecule has 0 aromatic heterocycles. The van der Waals surface area contributed by atoms with Crippen LogP contribution in [0.2, 0.25) is 0 Å². The average molecular weight is 88.1 g/mol. The Morgan fingerprint density at radius 2 is 2.33 bits per heavy atom. The lowest BCUT2D eigenvalue weighted by atomic mass is 10.7. The van der Waals surface area contributed by atoms with Crippen LogP contribution in [0, 0.1) is 0 Å². The van der Waals surface area contributed by atoms with E-state index in [-0.39, 0.29) is 0 Å². The van der Waals surface area contributed by atoms with Gasteiger partial charge in [-0.15, -0.1) is 0 Å². The summed E-state index contributed by atoms with van der Waals surface area (Å²) in [5, 5.41) is 13.3. The van der Waals surface area contributed by atoms with Crippen molar-refractivity contribution in [3.05, 3.63) is 0 Å². The van der Waals surface area contributed by atoms with Gasteiger partial charge in [0.2, 0.25) is 0 Å². The normalized spacial score (nSPS) is 11.3. The zero-order chi connectivity index (χ0) is 4.99. The summed E-state index contributed by atoms with van der Waals surface area (Å²) >= 11 is 0. The first-order chi connectivity index (χ1) is 2.81. The van der Waals surface area contributed by atoms with Crippen molar-refractivity contribution in [1.29, 1.82) is 0 Å². The number of amidine groups is 1. The molecular weight excluding hydrogens is 80.0 g/mol. The van der Waals surface area contributed by atoms with Crippen LogP contribution in [-0.2, 0) is 0 Å². The molecule has 0 amide bonds. The maximum atomic E-state index is 7.86. The fourth-order valence-corrected chi connectivity index (χ4v) is 0.0500. The van der Waals surface area contributed by atoms with Crippen LogP contribution in [0.3, 0.4) is 0 Å². The second kappa shape index (κ2) is 2.50. The highest BCUT2D eigenvalue weighted by Crippen LogP contribution is 1.58. The first-order valence-electron chi connectivity index (χ1n) is 1.67. The summed E-state index contributed by atoms with van der Waals surface area (Å²) in [7, 11) is 1.69. The minimum absolute atomic E-state index is 0.523. The smallest absolute Gasteiger partial charge is 0.138 e. The summed E-state index contributed by atoms with van der Waals surface area (Å²) in [5.74, 6) is 0.523. The van der Waals surface area contributed by atoms with Crippen LogP contribution in [-0.4, -0.2) is 18.1 Å². The lowest BCUT2D eigenvalue weighted by Crippen LogP contribution is -2.12. The van der Waals surface area contributed by atoms with Gasteiger partial charge in [-0.25, -0.2) is 0 Å². The standard InChI is InChI=1S/C3H8N2O/c1-3(4-2)5-6/h6H,1-2H3,(H,4,5). The summed E-state index contributed by atoms with van der Waals surface area (Å²) < 4.78 is 0. The van der Waals surface area contributed by atoms with E-state index in [0.717, 1.165) is 0 Å². The average Bonchev–Trinajstić information content (AvgIpc) is 1.65. The van der Waals surface area contributed by atoms with Gasteiger partial charge in [0, 0.05) is 7.05 Å². The van der Waals surface area contributed by atoms with Crippen molar-refractivity contribution in [3.63, 3.8) is 0 Å². The number of nitrogens with one attached hydrogen (secondary N) is 1. The fraction of sp³-hybridized carbons (Fsp3) is 0.667. The summed E-state index contributed by atoms with van der Waals surface area (Å²) in [4.78, 5) is 0. The minimum atomic E-state index is 0.523. The number of hydrogen-bond acceptors (Lipinski definition) is 2. The molecule has 0 rings (SSSR count). The van der Waals surface area contributed by atoms with Crippen molar-refractivity contribution in [2.75, 3.05) is 7.05 Å². The van der Waals surface area contributed by atoms with E-state index in [1.165, 1.54) is 0 Å². The topological polar surface area (TPSA) is 44.6 Å². The molecule has 0 aromatic rings. The summed E-state index contributed by atoms with van der Waals surface area (Å²) in [6.45, 7) is 1.67. The molecule has 3 nitrogen and oxygen atoms in total. The third-order valence-corrected chi connectivity index (χ3v) is 0.512. The van der Waals surface area contributed by atoms with Crippen LogP contribution in [0.15, 0.2) is 5.16 Å². The van der Waals surface area contributed by atoms with Gasteiger partial charge in [-0.1, -0.05) is 5.16 Å². The van der Waals surface area contributed by atoms with Gasteiger partial charge in [0.1, 0.15) is 5.84 Å². The van der Waals surface area contributed by atoms with E-state index >= 15 is 0 Å². The number of rotatable bonds is 0. The molecule has 0 unspecified atom stereocenters. The van der Waals surface area contributed by atoms with Crippen molar-refractivity contribution in [3.8, 4) is 0 Å². The quantitative estimate of drug-likeness (QED) is 0.190. The van der Waals surface area contributed by atoms with Crippen LogP contribution in [0.1, 0.15) is 6.92 Å². The molecule has 0 bridgehead atoms. The maximum Gasteiger partial charge on any atom is 0.138 e. The third kappa shape index (κ3) is 1.58. The number of nitrogens with zero attached hydrogens (tertiary/aromatic N) is 1. The van der Waals surface area contributed by atoms with Gasteiger partial charge in [0.05, 0.1) is 0 Å². The Balaban J connectivity index is 3.22. The van der Waals surface area contributed by atoms with Crippen LogP contribution in [0.4, 0.5) is 0 Å². The SMILES string of the molecule is CN/C(C)=N/O. The van der Waals surface area contributed by atoms with Crippen molar-refractivity contribution in [2.24, 2.45) is 5.16 Å². The molecule has 3 heteroatoms. The third-order valence-electron chi connectivity index (χ3n) is 0.512. The Bertz CT molecular complexity index is 59.8. The molecule has 6 heavy (non-hydrogen) atoms. The molecule has 0 aliphatic carbocycles. The van der Waals surface area contributed by atoms with E-state index in [2.05, 4.69) is 10.5 Å². The Morgan fingerprint density at radius 3 is 2.33 bits per heavy atom. The van der Waals surface area contributed by atoms with E-state index in [4.69, 9.17) is 5.21 Å². The van der Waals surface area contributed by atoms with Crippen molar-refractivity contribution >= 4 is 5.84 Å². The highest BCUT2D eigenvalue weighted by molar-refractivity contribution is 5.78. The van der Waals surface area contributed by atoms with Crippen LogP contribution in [0.5, 0.6) is 0 Å². The molecule has 0 radical (unpaired) electrons. The molecule has 0 fully saturated rings. The minimum Gasteiger partial charge on any atom is -0.409 e. The summed E-state index contributed by atoms with van der Waals surface area (Å²) in [6, 6.07) is 0. The largest absolute Gasteiger partial charge is 0.409 e. The van der Waals surface area contributed by atoms with E-state index < -0.39 is 0 Å². The Morgan fingerprint density at radius 1 is 1.83 bits per heavy atom. The molecule has 0 aliphatic heterocycles. The second-order valence-corrected chi connectivity index (χ2v) is 0.935. The van der Waals surface area contributed by atoms with Crippen molar-refractivity contribution in [2.45, 2.75) is 6.92 Å². The zero-order valence-electron chi connectivity index (χ0n) is 3.89. The van der Waals surface area contributed by atoms with Gasteiger partial charge in [0.25, 0.3) is 0 Å². The molecule has 0 saturated heterocycles. The number of oxime groups is 1. The van der Waals surface area contributed by atoms with Crippen molar-refractivity contribution in [1.82, 2.24) is 5.32 Å². The van der Waals surface area contributed by atoms with Gasteiger partial charge < -0.3 is 10.5 Å². The highest BCUT2D eigenvalue weighted by atomic mass is 16.4. The predicted molar refractivity (Wildman–Crippen MR) is 24.0 cm³/mol. The van der Waals surface area contributed by atoms with Gasteiger partial charge >= 0.3 is 0 Å². The highest BCUT2D eigenvalue weighted by Gasteiger charge is 1.74. The molecule has 0 heterocycles. The fourth-order valence-electron chi connectivity index (χ4n) is 0.0500. The predicted octanol–water partition coefficient (Wildman–Crippen LogP) is 0.0134. The molecule has 0 aliphatic rings. The Hall–Kier alpha value is -0.730. The van der Waals surface area contributed by atoms with E-state index in [9.17, 15) is 0 Å². The summed E-state index contributed by atoms with van der Waals surface area (Å²) in [5.41, 5.74) is 0. The van der Waals surface area contributed by atoms with Gasteiger partial charge in [-0.05, 0) is 6.92 Å². The molecule has 0 saturated carbocycles. The summed E-state index contributed by atoms with van der Waals surface area (Å²) in [6.07, 6.45) is 0. The van der Waals surface area contributed by atoms with Gasteiger partial charge in [-0.2, -0.15) is 0 Å². The monoisotopic (exact) mass is 88.1 g/mol. The van der Waals surface area contributed by atoms with Gasteiger partial charge in [0.15, 0.2) is 0 Å². The van der Waals surface area contributed by atoms with Gasteiger partial charge in [-0.3, -0.25) is 0 Å². The number of hydrogen-bond donors (Lipinski definition) is 2. The molecule has 0 spiro atoms. The Kier molecular flexibility index (Phi) is 2.20. The second-order valence-electron chi connectivity index (χ2n) is 0.935. The van der Waals surface area contributed by atoms with E-state index in [1.807, 2.05) is 0 Å². The lowest BCUT2D eigenvalue weighted by Gasteiger charge is -1.87. The Labute approximate surface area is 36.7 Å². The van der Waals surface area contributed by atoms with Crippen LogP contribution < -0.4 is 5.32 Å². The van der Waals surface area contributed by atoms with Crippen molar-refractivity contribution < 1.29 is 5.21 Å².